The molecular weight excluding hydrogens is 602 g/mol. The number of nitriles is 1. The monoisotopic (exact) mass is 641 g/mol. The minimum atomic E-state index is -1.14. The van der Waals surface area contributed by atoms with Crippen LogP contribution in [-0.4, -0.2) is 62.9 Å². The second-order valence-electron chi connectivity index (χ2n) is 11.2. The molecule has 0 amide bonds. The molecule has 1 N–H and O–H groups in total. The van der Waals surface area contributed by atoms with E-state index in [1.165, 1.54) is 16.8 Å². The molecule has 0 aliphatic carbocycles. The van der Waals surface area contributed by atoms with Crippen molar-refractivity contribution in [3.8, 4) is 17.6 Å². The van der Waals surface area contributed by atoms with Crippen LogP contribution >= 0.6 is 0 Å². The van der Waals surface area contributed by atoms with Crippen molar-refractivity contribution in [1.82, 2.24) is 9.55 Å². The predicted molar refractivity (Wildman–Crippen MR) is 173 cm³/mol. The molecule has 0 saturated carbocycles. The van der Waals surface area contributed by atoms with Crippen molar-refractivity contribution in [3.63, 3.8) is 0 Å². The Kier molecular flexibility index (Phi) is 10.9. The third kappa shape index (κ3) is 7.01. The lowest BCUT2D eigenvalue weighted by atomic mass is 9.79. The van der Waals surface area contributed by atoms with E-state index in [1.807, 2.05) is 78.9 Å². The summed E-state index contributed by atoms with van der Waals surface area (Å²) in [6.45, 7) is 2.31. The summed E-state index contributed by atoms with van der Waals surface area (Å²) in [6.07, 6.45) is -0.997. The summed E-state index contributed by atoms with van der Waals surface area (Å²) in [7, 11) is 4.79. The quantitative estimate of drug-likeness (QED) is 0.158. The first-order valence-electron chi connectivity index (χ1n) is 15.3. The molecule has 5 rings (SSSR count). The number of aromatic amines is 1. The molecule has 246 valence electrons. The van der Waals surface area contributed by atoms with Gasteiger partial charge in [0.25, 0.3) is 5.56 Å². The maximum atomic E-state index is 13.0. The number of methoxy groups -OCH3 is 3. The zero-order valence-electron chi connectivity index (χ0n) is 26.8. The standard InChI is InChI=1S/C36H39N3O8/c1-24(22-37)32-30(47-34(33(32)45-21-20-42-2)39-19-18-31(40)38-35(39)41)23-46-36(25-8-6-5-7-9-25,26-10-14-28(43-3)15-11-26)27-12-16-29(44-4)17-13-27/h5-19,24,30,32-34H,20-21,23H2,1-4H3,(H,38,40,41)/t24?,30-,32+,33+,34+/m0/s1. The molecule has 47 heavy (non-hydrogen) atoms. The minimum absolute atomic E-state index is 0.0163. The van der Waals surface area contributed by atoms with Crippen molar-refractivity contribution in [2.75, 3.05) is 41.2 Å². The van der Waals surface area contributed by atoms with Gasteiger partial charge in [0.05, 0.1) is 52.1 Å². The maximum Gasteiger partial charge on any atom is 0.330 e. The number of benzene rings is 3. The number of hydrogen-bond acceptors (Lipinski definition) is 9. The van der Waals surface area contributed by atoms with Gasteiger partial charge in [0.1, 0.15) is 23.2 Å². The summed E-state index contributed by atoms with van der Waals surface area (Å²) in [5.74, 6) is 0.323. The number of ether oxygens (including phenoxy) is 6. The highest BCUT2D eigenvalue weighted by molar-refractivity contribution is 5.49. The van der Waals surface area contributed by atoms with Gasteiger partial charge in [-0.15, -0.1) is 0 Å². The summed E-state index contributed by atoms with van der Waals surface area (Å²) in [5, 5.41) is 10.1. The van der Waals surface area contributed by atoms with Crippen LogP contribution in [0.5, 0.6) is 11.5 Å². The molecule has 0 bridgehead atoms. The Labute approximate surface area is 273 Å². The van der Waals surface area contributed by atoms with Gasteiger partial charge in [-0.05, 0) is 47.9 Å². The van der Waals surface area contributed by atoms with Crippen LogP contribution in [0.2, 0.25) is 0 Å². The van der Waals surface area contributed by atoms with E-state index in [4.69, 9.17) is 28.4 Å². The highest BCUT2D eigenvalue weighted by atomic mass is 16.6. The fourth-order valence-corrected chi connectivity index (χ4v) is 6.19. The van der Waals surface area contributed by atoms with Crippen LogP contribution in [0, 0.1) is 23.2 Å². The normalized spacial score (nSPS) is 20.0. The Hall–Kier alpha value is -4.73. The molecule has 11 nitrogen and oxygen atoms in total. The van der Waals surface area contributed by atoms with Crippen molar-refractivity contribution < 1.29 is 28.4 Å². The fraction of sp³-hybridized carbons (Fsp3) is 0.361. The first-order chi connectivity index (χ1) is 22.9. The van der Waals surface area contributed by atoms with E-state index < -0.39 is 47.1 Å². The molecule has 1 aliphatic heterocycles. The lowest BCUT2D eigenvalue weighted by Crippen LogP contribution is -2.40. The molecule has 0 spiro atoms. The molecule has 1 unspecified atom stereocenters. The summed E-state index contributed by atoms with van der Waals surface area (Å²) >= 11 is 0. The lowest BCUT2D eigenvalue weighted by molar-refractivity contribution is -0.0986. The molecule has 1 aromatic heterocycles. The molecule has 5 atom stereocenters. The number of nitrogens with one attached hydrogen (secondary N) is 1. The molecule has 1 saturated heterocycles. The van der Waals surface area contributed by atoms with Crippen molar-refractivity contribution in [1.29, 1.82) is 5.26 Å². The minimum Gasteiger partial charge on any atom is -0.497 e. The largest absolute Gasteiger partial charge is 0.497 e. The second-order valence-corrected chi connectivity index (χ2v) is 11.2. The number of rotatable bonds is 14. The zero-order chi connectivity index (χ0) is 33.4. The van der Waals surface area contributed by atoms with Crippen LogP contribution in [0.25, 0.3) is 0 Å². The molecule has 0 radical (unpaired) electrons. The van der Waals surface area contributed by atoms with Gasteiger partial charge in [0.15, 0.2) is 6.23 Å². The van der Waals surface area contributed by atoms with Gasteiger partial charge < -0.3 is 28.4 Å². The topological polar surface area (TPSA) is 134 Å². The number of hydrogen-bond donors (Lipinski definition) is 1. The van der Waals surface area contributed by atoms with Gasteiger partial charge in [0.2, 0.25) is 0 Å². The van der Waals surface area contributed by atoms with Crippen LogP contribution in [0.3, 0.4) is 0 Å². The van der Waals surface area contributed by atoms with Gasteiger partial charge in [0, 0.05) is 25.3 Å². The van der Waals surface area contributed by atoms with E-state index in [0.717, 1.165) is 16.7 Å². The maximum absolute atomic E-state index is 13.0. The molecule has 11 heteroatoms. The van der Waals surface area contributed by atoms with Gasteiger partial charge in [-0.3, -0.25) is 14.3 Å². The summed E-state index contributed by atoms with van der Waals surface area (Å²) in [4.78, 5) is 27.1. The van der Waals surface area contributed by atoms with E-state index in [0.29, 0.717) is 18.1 Å². The lowest BCUT2D eigenvalue weighted by Gasteiger charge is -2.37. The molecule has 2 heterocycles. The van der Waals surface area contributed by atoms with Crippen molar-refractivity contribution in [2.45, 2.75) is 31.0 Å². The third-order valence-corrected chi connectivity index (χ3v) is 8.55. The molecule has 1 fully saturated rings. The summed E-state index contributed by atoms with van der Waals surface area (Å²) < 4.78 is 37.4. The number of nitrogens with zero attached hydrogens (tertiary/aromatic N) is 2. The smallest absolute Gasteiger partial charge is 0.330 e. The van der Waals surface area contributed by atoms with E-state index in [-0.39, 0.29) is 13.2 Å². The SMILES string of the molecule is COCCO[C@@H]1[C@H](C(C)C#N)[C@H](COC(c2ccccc2)(c2ccc(OC)cc2)c2ccc(OC)cc2)O[C@H]1n1ccc(=O)[nH]c1=O. The van der Waals surface area contributed by atoms with Crippen LogP contribution in [-0.2, 0) is 24.5 Å². The van der Waals surface area contributed by atoms with Crippen LogP contribution < -0.4 is 20.7 Å². The molecule has 1 aliphatic rings. The van der Waals surface area contributed by atoms with Crippen LogP contribution in [0.4, 0.5) is 0 Å². The molecular formula is C36H39N3O8. The van der Waals surface area contributed by atoms with E-state index >= 15 is 0 Å². The van der Waals surface area contributed by atoms with Crippen molar-refractivity contribution in [3.05, 3.63) is 129 Å². The first kappa shape index (κ1) is 33.6. The average Bonchev–Trinajstić information content (AvgIpc) is 3.47. The van der Waals surface area contributed by atoms with E-state index in [9.17, 15) is 14.9 Å². The Morgan fingerprint density at radius 3 is 2.00 bits per heavy atom. The Morgan fingerprint density at radius 2 is 1.47 bits per heavy atom. The van der Waals surface area contributed by atoms with Crippen LogP contribution in [0.15, 0.2) is 101 Å². The first-order valence-corrected chi connectivity index (χ1v) is 15.3. The number of aromatic nitrogens is 2. The van der Waals surface area contributed by atoms with Crippen molar-refractivity contribution in [2.24, 2.45) is 11.8 Å². The van der Waals surface area contributed by atoms with Crippen molar-refractivity contribution >= 4 is 0 Å². The molecule has 3 aromatic carbocycles. The van der Waals surface area contributed by atoms with Gasteiger partial charge in [-0.25, -0.2) is 4.79 Å². The fourth-order valence-electron chi connectivity index (χ4n) is 6.19. The van der Waals surface area contributed by atoms with Gasteiger partial charge in [-0.2, -0.15) is 5.26 Å². The van der Waals surface area contributed by atoms with Crippen LogP contribution in [0.1, 0.15) is 29.8 Å². The highest BCUT2D eigenvalue weighted by Crippen LogP contribution is 2.45. The highest BCUT2D eigenvalue weighted by Gasteiger charge is 2.50. The Balaban J connectivity index is 1.62. The van der Waals surface area contributed by atoms with Gasteiger partial charge in [-0.1, -0.05) is 54.6 Å². The summed E-state index contributed by atoms with van der Waals surface area (Å²) in [5.41, 5.74) is 0.206. The number of H-pyrrole nitrogens is 1. The second kappa shape index (κ2) is 15.2. The van der Waals surface area contributed by atoms with E-state index in [1.54, 1.807) is 28.3 Å². The molecule has 4 aromatic rings. The predicted octanol–water partition coefficient (Wildman–Crippen LogP) is 4.27. The van der Waals surface area contributed by atoms with Gasteiger partial charge >= 0.3 is 5.69 Å². The Bertz CT molecular complexity index is 1700. The average molecular weight is 642 g/mol. The zero-order valence-corrected chi connectivity index (χ0v) is 26.8. The third-order valence-electron chi connectivity index (χ3n) is 8.55. The Morgan fingerprint density at radius 1 is 0.872 bits per heavy atom. The van der Waals surface area contributed by atoms with E-state index in [2.05, 4.69) is 11.1 Å². The summed E-state index contributed by atoms with van der Waals surface area (Å²) in [6, 6.07) is 28.8.